The second kappa shape index (κ2) is 9.77. The first kappa shape index (κ1) is 21.7. The molecule has 0 aliphatic rings. The van der Waals surface area contributed by atoms with E-state index in [1.54, 1.807) is 23.2 Å². The molecule has 0 radical (unpaired) electrons. The van der Waals surface area contributed by atoms with E-state index in [0.29, 0.717) is 28.9 Å². The van der Waals surface area contributed by atoms with Gasteiger partial charge in [0.25, 0.3) is 0 Å². The summed E-state index contributed by atoms with van der Waals surface area (Å²) in [6.45, 7) is 2.31. The predicted molar refractivity (Wildman–Crippen MR) is 127 cm³/mol. The molecule has 4 rings (SSSR count). The predicted octanol–water partition coefficient (Wildman–Crippen LogP) is 6.51. The SMILES string of the molecule is Cc1ccc(Cl)c2sc(N(Cc3ccccn3)C(=O)CCSc3ccc(F)cc3)nc12. The maximum atomic E-state index is 13.2. The highest BCUT2D eigenvalue weighted by molar-refractivity contribution is 7.99. The molecule has 0 saturated heterocycles. The fourth-order valence-corrected chi connectivity index (χ4v) is 5.22. The fourth-order valence-electron chi connectivity index (χ4n) is 3.04. The summed E-state index contributed by atoms with van der Waals surface area (Å²) < 4.78 is 14.0. The molecule has 31 heavy (non-hydrogen) atoms. The summed E-state index contributed by atoms with van der Waals surface area (Å²) in [4.78, 5) is 24.9. The fraction of sp³-hybridized carbons (Fsp3) is 0.174. The van der Waals surface area contributed by atoms with Crippen molar-refractivity contribution < 1.29 is 9.18 Å². The third kappa shape index (κ3) is 5.23. The van der Waals surface area contributed by atoms with Crippen molar-refractivity contribution in [3.8, 4) is 0 Å². The largest absolute Gasteiger partial charge is 0.282 e. The van der Waals surface area contributed by atoms with Crippen molar-refractivity contribution in [2.75, 3.05) is 10.7 Å². The number of pyridine rings is 1. The third-order valence-corrected chi connectivity index (χ3v) is 7.21. The summed E-state index contributed by atoms with van der Waals surface area (Å²) in [5, 5.41) is 1.23. The van der Waals surface area contributed by atoms with Crippen LogP contribution >= 0.6 is 34.7 Å². The van der Waals surface area contributed by atoms with Crippen LogP contribution < -0.4 is 4.90 Å². The second-order valence-electron chi connectivity index (χ2n) is 6.89. The molecular formula is C23H19ClFN3OS2. The van der Waals surface area contributed by atoms with Crippen molar-refractivity contribution in [2.45, 2.75) is 24.8 Å². The number of aryl methyl sites for hydroxylation is 1. The molecule has 8 heteroatoms. The Morgan fingerprint density at radius 2 is 1.97 bits per heavy atom. The van der Waals surface area contributed by atoms with Crippen LogP contribution in [0.3, 0.4) is 0 Å². The number of carbonyl (C=O) groups excluding carboxylic acids is 1. The standard InChI is InChI=1S/C23H19ClFN3OS2/c1-15-5-10-19(24)22-21(15)27-23(31-22)28(14-17-4-2-3-12-26-17)20(29)11-13-30-18-8-6-16(25)7-9-18/h2-10,12H,11,13-14H2,1H3. The van der Waals surface area contributed by atoms with Gasteiger partial charge in [-0.3, -0.25) is 14.7 Å². The maximum Gasteiger partial charge on any atom is 0.229 e. The van der Waals surface area contributed by atoms with Crippen LogP contribution in [0.15, 0.2) is 65.7 Å². The molecule has 0 spiro atoms. The lowest BCUT2D eigenvalue weighted by molar-refractivity contribution is -0.118. The lowest BCUT2D eigenvalue weighted by atomic mass is 10.2. The number of halogens is 2. The van der Waals surface area contributed by atoms with Crippen LogP contribution in [0.5, 0.6) is 0 Å². The first-order chi connectivity index (χ1) is 15.0. The van der Waals surface area contributed by atoms with E-state index in [4.69, 9.17) is 16.6 Å². The van der Waals surface area contributed by atoms with Gasteiger partial charge in [0.2, 0.25) is 5.91 Å². The molecule has 2 aromatic carbocycles. The Bertz CT molecular complexity index is 1160. The third-order valence-electron chi connectivity index (χ3n) is 4.66. The van der Waals surface area contributed by atoms with Crippen LogP contribution in [-0.2, 0) is 11.3 Å². The van der Waals surface area contributed by atoms with Crippen LogP contribution in [-0.4, -0.2) is 21.6 Å². The normalized spacial score (nSPS) is 11.1. The maximum absolute atomic E-state index is 13.2. The molecule has 0 aliphatic carbocycles. The molecule has 4 nitrogen and oxygen atoms in total. The minimum absolute atomic E-state index is 0.0481. The van der Waals surface area contributed by atoms with E-state index in [0.717, 1.165) is 26.4 Å². The minimum atomic E-state index is -0.272. The molecule has 0 aliphatic heterocycles. The van der Waals surface area contributed by atoms with Crippen LogP contribution in [0.4, 0.5) is 9.52 Å². The van der Waals surface area contributed by atoms with Crippen molar-refractivity contribution in [2.24, 2.45) is 0 Å². The number of fused-ring (bicyclic) bond motifs is 1. The van der Waals surface area contributed by atoms with Crippen LogP contribution in [0.1, 0.15) is 17.7 Å². The van der Waals surface area contributed by atoms with Gasteiger partial charge in [0.05, 0.1) is 27.5 Å². The number of thioether (sulfide) groups is 1. The Balaban J connectivity index is 1.56. The van der Waals surface area contributed by atoms with Gasteiger partial charge in [-0.1, -0.05) is 35.1 Å². The van der Waals surface area contributed by atoms with E-state index in [1.807, 2.05) is 37.3 Å². The van der Waals surface area contributed by atoms with Crippen LogP contribution in [0.2, 0.25) is 5.02 Å². The monoisotopic (exact) mass is 471 g/mol. The number of amides is 1. The van der Waals surface area contributed by atoms with E-state index in [9.17, 15) is 9.18 Å². The topological polar surface area (TPSA) is 46.1 Å². The zero-order valence-corrected chi connectivity index (χ0v) is 19.1. The molecule has 2 heterocycles. The molecule has 0 bridgehead atoms. The van der Waals surface area contributed by atoms with Gasteiger partial charge in [-0.05, 0) is 55.0 Å². The van der Waals surface area contributed by atoms with E-state index in [2.05, 4.69) is 4.98 Å². The highest BCUT2D eigenvalue weighted by atomic mass is 35.5. The number of nitrogens with zero attached hydrogens (tertiary/aromatic N) is 3. The molecule has 0 atom stereocenters. The summed E-state index contributed by atoms with van der Waals surface area (Å²) >= 11 is 9.30. The molecule has 0 N–H and O–H groups in total. The highest BCUT2D eigenvalue weighted by Crippen LogP contribution is 2.36. The average Bonchev–Trinajstić information content (AvgIpc) is 3.23. The quantitative estimate of drug-likeness (QED) is 0.288. The van der Waals surface area contributed by atoms with Gasteiger partial charge in [0.15, 0.2) is 5.13 Å². The highest BCUT2D eigenvalue weighted by Gasteiger charge is 2.22. The summed E-state index contributed by atoms with van der Waals surface area (Å²) in [6.07, 6.45) is 2.03. The van der Waals surface area contributed by atoms with Crippen LogP contribution in [0, 0.1) is 12.7 Å². The first-order valence-corrected chi connectivity index (χ1v) is 11.8. The van der Waals surface area contributed by atoms with Gasteiger partial charge in [0.1, 0.15) is 5.82 Å². The minimum Gasteiger partial charge on any atom is -0.282 e. The number of hydrogen-bond acceptors (Lipinski definition) is 5. The number of hydrogen-bond donors (Lipinski definition) is 0. The lowest BCUT2D eigenvalue weighted by Gasteiger charge is -2.19. The molecular weight excluding hydrogens is 453 g/mol. The van der Waals surface area contributed by atoms with E-state index < -0.39 is 0 Å². The number of rotatable bonds is 7. The van der Waals surface area contributed by atoms with Gasteiger partial charge >= 0.3 is 0 Å². The molecule has 4 aromatic rings. The molecule has 158 valence electrons. The first-order valence-electron chi connectivity index (χ1n) is 9.65. The number of anilines is 1. The number of thiazole rings is 1. The summed E-state index contributed by atoms with van der Waals surface area (Å²) in [5.41, 5.74) is 2.61. The Morgan fingerprint density at radius 3 is 2.68 bits per heavy atom. The smallest absolute Gasteiger partial charge is 0.229 e. The number of benzene rings is 2. The lowest BCUT2D eigenvalue weighted by Crippen LogP contribution is -2.30. The van der Waals surface area contributed by atoms with Gasteiger partial charge in [0, 0.05) is 23.3 Å². The van der Waals surface area contributed by atoms with Crippen molar-refractivity contribution in [3.05, 3.63) is 82.9 Å². The summed E-state index contributed by atoms with van der Waals surface area (Å²) in [6, 6.07) is 15.7. The Kier molecular flexibility index (Phi) is 6.85. The summed E-state index contributed by atoms with van der Waals surface area (Å²) in [7, 11) is 0. The van der Waals surface area contributed by atoms with E-state index in [1.165, 1.54) is 35.2 Å². The molecule has 0 fully saturated rings. The Hall–Kier alpha value is -2.48. The van der Waals surface area contributed by atoms with Gasteiger partial charge in [-0.2, -0.15) is 0 Å². The summed E-state index contributed by atoms with van der Waals surface area (Å²) in [5.74, 6) is 0.258. The van der Waals surface area contributed by atoms with E-state index in [-0.39, 0.29) is 11.7 Å². The van der Waals surface area contributed by atoms with Crippen molar-refractivity contribution in [1.29, 1.82) is 0 Å². The molecule has 1 amide bonds. The van der Waals surface area contributed by atoms with Gasteiger partial charge in [-0.25, -0.2) is 9.37 Å². The van der Waals surface area contributed by atoms with Gasteiger partial charge in [-0.15, -0.1) is 11.8 Å². The number of carbonyl (C=O) groups is 1. The van der Waals surface area contributed by atoms with Crippen LogP contribution in [0.25, 0.3) is 10.2 Å². The molecule has 0 unspecified atom stereocenters. The average molecular weight is 472 g/mol. The Morgan fingerprint density at radius 1 is 1.16 bits per heavy atom. The zero-order chi connectivity index (χ0) is 21.8. The van der Waals surface area contributed by atoms with E-state index >= 15 is 0 Å². The van der Waals surface area contributed by atoms with Crippen molar-refractivity contribution in [1.82, 2.24) is 9.97 Å². The van der Waals surface area contributed by atoms with Crippen molar-refractivity contribution >= 4 is 56.0 Å². The second-order valence-corrected chi connectivity index (χ2v) is 9.44. The number of aromatic nitrogens is 2. The Labute approximate surface area is 193 Å². The molecule has 2 aromatic heterocycles. The van der Waals surface area contributed by atoms with Gasteiger partial charge < -0.3 is 0 Å². The zero-order valence-electron chi connectivity index (χ0n) is 16.7. The molecule has 0 saturated carbocycles. The van der Waals surface area contributed by atoms with Crippen molar-refractivity contribution in [3.63, 3.8) is 0 Å².